The van der Waals surface area contributed by atoms with Crippen LogP contribution in [-0.4, -0.2) is 20.8 Å². The Morgan fingerprint density at radius 2 is 0.857 bits per heavy atom. The van der Waals surface area contributed by atoms with Gasteiger partial charge in [0.05, 0.1) is 39.0 Å². The average molecular weight is 1740 g/mol. The molecule has 84 heavy (non-hydrogen) atoms. The van der Waals surface area contributed by atoms with Crippen molar-refractivity contribution in [3.63, 3.8) is 0 Å². The Kier molecular flexibility index (Phi) is 30.5. The number of hydrogen-bond donors (Lipinski definition) is 1. The van der Waals surface area contributed by atoms with E-state index in [0.29, 0.717) is 63.8 Å². The number of furan rings is 3. The summed E-state index contributed by atoms with van der Waals surface area (Å²) >= 11 is 53.2. The van der Waals surface area contributed by atoms with Gasteiger partial charge in [0, 0.05) is 48.6 Å². The van der Waals surface area contributed by atoms with E-state index in [-0.39, 0.29) is 48.5 Å². The molecule has 0 aliphatic heterocycles. The van der Waals surface area contributed by atoms with Crippen molar-refractivity contribution in [2.45, 2.75) is 53.3 Å². The number of benzene rings is 5. The Hall–Kier alpha value is -2.34. The minimum atomic E-state index is -4.42. The van der Waals surface area contributed by atoms with Gasteiger partial charge in [-0.25, -0.2) is 0 Å². The third-order valence-corrected chi connectivity index (χ3v) is 13.1. The summed E-state index contributed by atoms with van der Waals surface area (Å²) in [5.41, 5.74) is -3.03. The summed E-state index contributed by atoms with van der Waals surface area (Å²) in [4.78, 5) is 0. The van der Waals surface area contributed by atoms with Gasteiger partial charge < -0.3 is 23.1 Å². The van der Waals surface area contributed by atoms with Gasteiger partial charge in [-0.15, -0.1) is 11.6 Å². The number of phenolic OH excluding ortho intramolecular Hbond substituents is 1. The van der Waals surface area contributed by atoms with Crippen LogP contribution in [0.4, 0.5) is 65.9 Å². The van der Waals surface area contributed by atoms with Gasteiger partial charge in [-0.1, -0.05) is 178 Å². The van der Waals surface area contributed by atoms with Crippen molar-refractivity contribution in [1.29, 1.82) is 0 Å². The first kappa shape index (κ1) is 77.8. The van der Waals surface area contributed by atoms with Crippen molar-refractivity contribution in [3.05, 3.63) is 182 Å². The van der Waals surface area contributed by atoms with Crippen LogP contribution in [-0.2, 0) is 36.2 Å². The summed E-state index contributed by atoms with van der Waals surface area (Å²) in [5, 5.41) is 11.4. The fourth-order valence-electron chi connectivity index (χ4n) is 5.94. The first-order chi connectivity index (χ1) is 38.1. The van der Waals surface area contributed by atoms with Crippen molar-refractivity contribution in [3.8, 4) is 11.5 Å². The zero-order chi connectivity index (χ0) is 64.8. The first-order valence-electron chi connectivity index (χ1n) is 21.6. The molecule has 5 aromatic carbocycles. The maximum Gasteiger partial charge on any atom is 0.417 e. The Morgan fingerprint density at radius 3 is 1.25 bits per heavy atom. The largest absolute Gasteiger partial charge is 0.508 e. The van der Waals surface area contributed by atoms with Crippen LogP contribution in [0.1, 0.15) is 45.1 Å². The molecule has 0 fully saturated rings. The molecule has 0 unspecified atom stereocenters. The van der Waals surface area contributed by atoms with E-state index in [9.17, 15) is 65.9 Å². The Labute approximate surface area is 552 Å². The number of aryl methyl sites for hydroxylation is 2. The molecule has 0 bridgehead atoms. The number of hydrogen-bond acceptors (Lipinski definition) is 5. The van der Waals surface area contributed by atoms with Gasteiger partial charge in [-0.05, 0) is 105 Å². The van der Waals surface area contributed by atoms with E-state index < -0.39 is 67.7 Å². The minimum Gasteiger partial charge on any atom is -0.508 e. The highest BCUT2D eigenvalue weighted by atomic mass is 79.9. The predicted octanol–water partition coefficient (Wildman–Crippen LogP) is 26.5. The summed E-state index contributed by atoms with van der Waals surface area (Å²) in [5.74, 6) is 1.68. The van der Waals surface area contributed by atoms with Crippen LogP contribution in [0.2, 0.25) is 0 Å². The van der Waals surface area contributed by atoms with Crippen LogP contribution in [0.3, 0.4) is 0 Å². The number of rotatable bonds is 5. The molecule has 0 spiro atoms. The molecular weight excluding hydrogens is 1710 g/mol. The molecule has 5 nitrogen and oxygen atoms in total. The number of ether oxygens (including phenoxy) is 1. The molecule has 0 saturated carbocycles. The second-order valence-corrected chi connectivity index (χ2v) is 25.7. The molecule has 8 rings (SSSR count). The van der Waals surface area contributed by atoms with Crippen LogP contribution in [0.5, 0.6) is 11.5 Å². The topological polar surface area (TPSA) is 68.9 Å². The molecule has 8 aromatic rings. The van der Waals surface area contributed by atoms with E-state index in [1.165, 1.54) is 24.3 Å². The summed E-state index contributed by atoms with van der Waals surface area (Å²) < 4.78 is 207. The Morgan fingerprint density at radius 1 is 0.488 bits per heavy atom. The quantitative estimate of drug-likeness (QED) is 0.137. The van der Waals surface area contributed by atoms with E-state index in [2.05, 4.69) is 109 Å². The zero-order valence-electron chi connectivity index (χ0n) is 41.4. The third kappa shape index (κ3) is 28.0. The second-order valence-electron chi connectivity index (χ2n) is 15.9. The van der Waals surface area contributed by atoms with Gasteiger partial charge in [0.15, 0.2) is 0 Å². The lowest BCUT2D eigenvalue weighted by Crippen LogP contribution is -2.06. The summed E-state index contributed by atoms with van der Waals surface area (Å²) in [6.45, 7) is 9.96. The maximum atomic E-state index is 12.6. The van der Waals surface area contributed by atoms with Crippen molar-refractivity contribution in [2.75, 3.05) is 12.5 Å². The lowest BCUT2D eigenvalue weighted by atomic mass is 10.1. The molecule has 0 amide bonds. The normalized spacial score (nSPS) is 11.7. The first-order valence-corrected chi connectivity index (χ1v) is 29.5. The highest BCUT2D eigenvalue weighted by Gasteiger charge is 2.36. The second kappa shape index (κ2) is 32.9. The monoisotopic (exact) mass is 1730 g/mol. The van der Waals surface area contributed by atoms with E-state index in [1.54, 1.807) is 26.0 Å². The van der Waals surface area contributed by atoms with Crippen LogP contribution in [0.25, 0.3) is 32.9 Å². The molecule has 3 aromatic heterocycles. The average Bonchev–Trinajstić information content (AvgIpc) is 2.48. The fraction of sp³-hybridized carbons (Fsp3) is 0.216. The minimum absolute atomic E-state index is 0.0324. The standard InChI is InChI=1S/C10H5Br2F3O.C10H7BrClF3O.2C10H6BrF3O.C7H4BrF3O.C3H4Cl2.CCl4/c11-4-6-3-7-8(12)1-5(10(13,14)15)2-9(7)16-6;1-6(12)5-16-9-3-7(10(13,14)15)2-8(11)4-9;1-5-2-7-8(10(12,13)14)3-6(11)4-9(7)15-5;1-5-2-7-8(11)3-6(10(12,13)14)4-9(7)15-5;8-5-1-4(7(9,10)11)2-6(12)3-5;1-3(5)2-4;2-1(3,4)5/h1-3H,4H2;2-4H,1,5H2;2*2-4H,1H3;1-3,12H;1-2H2;. The fourth-order valence-corrected chi connectivity index (χ4v) is 8.78. The van der Waals surface area contributed by atoms with Crippen molar-refractivity contribution in [2.24, 2.45) is 0 Å². The lowest BCUT2D eigenvalue weighted by Gasteiger charge is -2.10. The van der Waals surface area contributed by atoms with E-state index >= 15 is 0 Å². The number of fused-ring (bicyclic) bond motifs is 3. The zero-order valence-corrected chi connectivity index (χ0v) is 56.2. The highest BCUT2D eigenvalue weighted by Crippen LogP contribution is 2.41. The lowest BCUT2D eigenvalue weighted by molar-refractivity contribution is -0.138. The predicted molar refractivity (Wildman–Crippen MR) is 321 cm³/mol. The number of halogens is 28. The molecule has 1 N–H and O–H groups in total. The Balaban J connectivity index is 0.000000345. The molecule has 0 aliphatic rings. The van der Waals surface area contributed by atoms with Gasteiger partial charge >= 0.3 is 30.9 Å². The van der Waals surface area contributed by atoms with Crippen LogP contribution in [0, 0.1) is 13.8 Å². The third-order valence-electron chi connectivity index (χ3n) is 9.11. The Bertz CT molecular complexity index is 3470. The SMILES string of the molecule is C=C(Cl)CCl.C=C(Cl)COc1cc(Br)cc(C(F)(F)F)c1.Cc1cc2c(Br)cc(C(F)(F)F)cc2o1.Cc1cc2c(C(F)(F)F)cc(Br)cc2o1.ClC(Cl)(Cl)Cl.FC(F)(F)c1cc(Br)c2cc(CBr)oc2c1.Oc1cc(Br)cc(C(F)(F)F)c1. The summed E-state index contributed by atoms with van der Waals surface area (Å²) in [6, 6.07) is 17.6. The van der Waals surface area contributed by atoms with E-state index in [0.717, 1.165) is 48.5 Å². The number of phenols is 1. The molecular formula is C51H32Br6Cl7F15O5. The summed E-state index contributed by atoms with van der Waals surface area (Å²) in [7, 11) is 0. The van der Waals surface area contributed by atoms with Gasteiger partial charge in [0.25, 0.3) is 3.25 Å². The van der Waals surface area contributed by atoms with Gasteiger partial charge in [-0.2, -0.15) is 65.9 Å². The number of allylic oxidation sites excluding steroid dienone is 1. The molecule has 462 valence electrons. The maximum absolute atomic E-state index is 12.6. The van der Waals surface area contributed by atoms with Crippen molar-refractivity contribution >= 4 is 210 Å². The van der Waals surface area contributed by atoms with Crippen LogP contribution < -0.4 is 4.74 Å². The molecule has 3 heterocycles. The van der Waals surface area contributed by atoms with Crippen LogP contribution in [0.15, 0.2) is 150 Å². The van der Waals surface area contributed by atoms with E-state index in [4.69, 9.17) is 104 Å². The van der Waals surface area contributed by atoms with Crippen molar-refractivity contribution < 1.29 is 89.0 Å². The molecule has 0 radical (unpaired) electrons. The van der Waals surface area contributed by atoms with Gasteiger partial charge in [0.1, 0.15) is 52.1 Å². The van der Waals surface area contributed by atoms with Gasteiger partial charge in [-0.3, -0.25) is 0 Å². The molecule has 0 atom stereocenters. The summed E-state index contributed by atoms with van der Waals surface area (Å²) in [6.07, 6.45) is -21.9. The van der Waals surface area contributed by atoms with Crippen LogP contribution >= 0.6 is 177 Å². The molecule has 0 saturated heterocycles. The van der Waals surface area contributed by atoms with Gasteiger partial charge in [0.2, 0.25) is 0 Å². The van der Waals surface area contributed by atoms with Crippen molar-refractivity contribution in [1.82, 2.24) is 0 Å². The smallest absolute Gasteiger partial charge is 0.417 e. The van der Waals surface area contributed by atoms with E-state index in [1.807, 2.05) is 0 Å². The number of aromatic hydroxyl groups is 1. The molecule has 33 heteroatoms. The number of alkyl halides is 21. The highest BCUT2D eigenvalue weighted by molar-refractivity contribution is 9.11. The molecule has 0 aliphatic carbocycles.